The zero-order chi connectivity index (χ0) is 9.64. The smallest absolute Gasteiger partial charge is 0.0642 e. The Morgan fingerprint density at radius 2 is 1.79 bits per heavy atom. The van der Waals surface area contributed by atoms with Crippen molar-refractivity contribution in [1.82, 2.24) is 4.90 Å². The second-order valence-corrected chi connectivity index (χ2v) is 4.25. The zero-order valence-corrected chi connectivity index (χ0v) is 9.00. The summed E-state index contributed by atoms with van der Waals surface area (Å²) in [7, 11) is 0. The van der Waals surface area contributed by atoms with E-state index in [4.69, 9.17) is 4.74 Å². The molecule has 0 aromatic rings. The molecule has 0 atom stereocenters. The van der Waals surface area contributed by atoms with Crippen molar-refractivity contribution in [2.24, 2.45) is 0 Å². The molecule has 0 unspecified atom stereocenters. The van der Waals surface area contributed by atoms with Crippen LogP contribution in [0.4, 0.5) is 0 Å². The molecule has 1 heterocycles. The Hall–Kier alpha value is -0.500. The average Bonchev–Trinajstić information content (AvgIpc) is 2.18. The molecule has 1 aliphatic heterocycles. The van der Waals surface area contributed by atoms with Gasteiger partial charge in [0.25, 0.3) is 0 Å². The Bertz CT molecular complexity index is 194. The normalized spacial score (nSPS) is 28.9. The maximum Gasteiger partial charge on any atom is 0.0642 e. The highest BCUT2D eigenvalue weighted by atomic mass is 16.5. The maximum absolute atomic E-state index is 5.38. The molecule has 2 rings (SSSR count). The molecule has 2 nitrogen and oxygen atoms in total. The SMILES string of the molecule is C1=C(/N2CCOCC2)CCCCCC/1. The molecule has 1 aliphatic carbocycles. The van der Waals surface area contributed by atoms with Crippen LogP contribution in [-0.2, 0) is 4.74 Å². The topological polar surface area (TPSA) is 12.5 Å². The van der Waals surface area contributed by atoms with Gasteiger partial charge in [-0.15, -0.1) is 0 Å². The number of ether oxygens (including phenoxy) is 1. The second-order valence-electron chi connectivity index (χ2n) is 4.25. The van der Waals surface area contributed by atoms with Gasteiger partial charge in [0.05, 0.1) is 13.2 Å². The van der Waals surface area contributed by atoms with Gasteiger partial charge in [0, 0.05) is 18.8 Å². The van der Waals surface area contributed by atoms with Crippen LogP contribution < -0.4 is 0 Å². The summed E-state index contributed by atoms with van der Waals surface area (Å²) >= 11 is 0. The fraction of sp³-hybridized carbons (Fsp3) is 0.833. The van der Waals surface area contributed by atoms with Crippen LogP contribution in [0.5, 0.6) is 0 Å². The van der Waals surface area contributed by atoms with Gasteiger partial charge in [0.15, 0.2) is 0 Å². The molecule has 14 heavy (non-hydrogen) atoms. The van der Waals surface area contributed by atoms with Crippen molar-refractivity contribution in [3.63, 3.8) is 0 Å². The minimum atomic E-state index is 0.914. The molecule has 1 saturated heterocycles. The molecule has 2 aliphatic rings. The molecule has 0 radical (unpaired) electrons. The summed E-state index contributed by atoms with van der Waals surface area (Å²) in [5.41, 5.74) is 1.59. The van der Waals surface area contributed by atoms with Crippen molar-refractivity contribution in [3.8, 4) is 0 Å². The third kappa shape index (κ3) is 2.74. The molecule has 0 bridgehead atoms. The Morgan fingerprint density at radius 1 is 1.00 bits per heavy atom. The number of hydrogen-bond donors (Lipinski definition) is 0. The summed E-state index contributed by atoms with van der Waals surface area (Å²) in [6, 6.07) is 0. The predicted molar refractivity (Wildman–Crippen MR) is 58.2 cm³/mol. The molecule has 0 saturated carbocycles. The molecule has 0 aromatic carbocycles. The van der Waals surface area contributed by atoms with Crippen LogP contribution in [0.1, 0.15) is 38.5 Å². The van der Waals surface area contributed by atoms with Gasteiger partial charge in [-0.25, -0.2) is 0 Å². The van der Waals surface area contributed by atoms with Gasteiger partial charge in [-0.2, -0.15) is 0 Å². The highest BCUT2D eigenvalue weighted by Crippen LogP contribution is 2.20. The molecule has 80 valence electrons. The molecule has 0 N–H and O–H groups in total. The monoisotopic (exact) mass is 195 g/mol. The number of hydrogen-bond acceptors (Lipinski definition) is 2. The first-order valence-corrected chi connectivity index (χ1v) is 5.98. The standard InChI is InChI=1S/C12H21NO/c1-2-4-6-12(7-5-3-1)13-8-10-14-11-9-13/h6H,1-5,7-11H2/b12-6+. The minimum Gasteiger partial charge on any atom is -0.378 e. The lowest BCUT2D eigenvalue weighted by atomic mass is 10.0. The molecule has 1 fully saturated rings. The quantitative estimate of drug-likeness (QED) is 0.637. The van der Waals surface area contributed by atoms with Crippen LogP contribution in [0, 0.1) is 0 Å². The highest BCUT2D eigenvalue weighted by Gasteiger charge is 2.13. The van der Waals surface area contributed by atoms with Gasteiger partial charge in [-0.3, -0.25) is 0 Å². The Labute approximate surface area is 86.9 Å². The zero-order valence-electron chi connectivity index (χ0n) is 9.00. The van der Waals surface area contributed by atoms with Crippen LogP contribution in [0.3, 0.4) is 0 Å². The fourth-order valence-electron chi connectivity index (χ4n) is 2.31. The van der Waals surface area contributed by atoms with Gasteiger partial charge in [0.1, 0.15) is 0 Å². The first-order valence-electron chi connectivity index (χ1n) is 5.98. The van der Waals surface area contributed by atoms with Gasteiger partial charge >= 0.3 is 0 Å². The Balaban J connectivity index is 1.91. The van der Waals surface area contributed by atoms with E-state index < -0.39 is 0 Å². The third-order valence-electron chi connectivity index (χ3n) is 3.18. The van der Waals surface area contributed by atoms with E-state index in [1.807, 2.05) is 0 Å². The van der Waals surface area contributed by atoms with Crippen molar-refractivity contribution < 1.29 is 4.74 Å². The lowest BCUT2D eigenvalue weighted by molar-refractivity contribution is 0.0516. The van der Waals surface area contributed by atoms with Crippen molar-refractivity contribution in [3.05, 3.63) is 11.8 Å². The van der Waals surface area contributed by atoms with Gasteiger partial charge in [-0.05, 0) is 25.7 Å². The molecule has 0 aromatic heterocycles. The van der Waals surface area contributed by atoms with E-state index in [1.165, 1.54) is 38.5 Å². The lowest BCUT2D eigenvalue weighted by Crippen LogP contribution is -2.35. The van der Waals surface area contributed by atoms with E-state index in [2.05, 4.69) is 11.0 Å². The van der Waals surface area contributed by atoms with Crippen LogP contribution in [-0.4, -0.2) is 31.2 Å². The number of nitrogens with zero attached hydrogens (tertiary/aromatic N) is 1. The van der Waals surface area contributed by atoms with Gasteiger partial charge in [0.2, 0.25) is 0 Å². The van der Waals surface area contributed by atoms with E-state index in [1.54, 1.807) is 5.70 Å². The lowest BCUT2D eigenvalue weighted by Gasteiger charge is -2.32. The summed E-state index contributed by atoms with van der Waals surface area (Å²) in [5, 5.41) is 0. The fourth-order valence-corrected chi connectivity index (χ4v) is 2.31. The summed E-state index contributed by atoms with van der Waals surface area (Å²) in [6.07, 6.45) is 10.6. The van der Waals surface area contributed by atoms with E-state index in [0.29, 0.717) is 0 Å². The molecule has 0 spiro atoms. The highest BCUT2D eigenvalue weighted by molar-refractivity contribution is 5.02. The Kier molecular flexibility index (Phi) is 3.87. The molecular formula is C12H21NO. The number of allylic oxidation sites excluding steroid dienone is 2. The Morgan fingerprint density at radius 3 is 2.64 bits per heavy atom. The first kappa shape index (κ1) is 10.0. The van der Waals surface area contributed by atoms with Crippen molar-refractivity contribution in [2.45, 2.75) is 38.5 Å². The van der Waals surface area contributed by atoms with Gasteiger partial charge in [-0.1, -0.05) is 18.9 Å². The van der Waals surface area contributed by atoms with Crippen molar-refractivity contribution in [2.75, 3.05) is 26.3 Å². The van der Waals surface area contributed by atoms with Gasteiger partial charge < -0.3 is 9.64 Å². The summed E-state index contributed by atoms with van der Waals surface area (Å²) < 4.78 is 5.38. The van der Waals surface area contributed by atoms with E-state index in [0.717, 1.165) is 26.3 Å². The summed E-state index contributed by atoms with van der Waals surface area (Å²) in [4.78, 5) is 2.52. The minimum absolute atomic E-state index is 0.914. The van der Waals surface area contributed by atoms with Crippen LogP contribution >= 0.6 is 0 Å². The van der Waals surface area contributed by atoms with Crippen molar-refractivity contribution >= 4 is 0 Å². The maximum atomic E-state index is 5.38. The van der Waals surface area contributed by atoms with Crippen LogP contribution in [0.25, 0.3) is 0 Å². The number of rotatable bonds is 1. The van der Waals surface area contributed by atoms with E-state index in [-0.39, 0.29) is 0 Å². The summed E-state index contributed by atoms with van der Waals surface area (Å²) in [6.45, 7) is 4.03. The largest absolute Gasteiger partial charge is 0.378 e. The van der Waals surface area contributed by atoms with E-state index in [9.17, 15) is 0 Å². The number of morpholine rings is 1. The second kappa shape index (κ2) is 5.40. The van der Waals surface area contributed by atoms with Crippen LogP contribution in [0.2, 0.25) is 0 Å². The summed E-state index contributed by atoms with van der Waals surface area (Å²) in [5.74, 6) is 0. The molecular weight excluding hydrogens is 174 g/mol. The molecule has 2 heteroatoms. The molecule has 0 amide bonds. The third-order valence-corrected chi connectivity index (χ3v) is 3.18. The van der Waals surface area contributed by atoms with Crippen molar-refractivity contribution in [1.29, 1.82) is 0 Å². The van der Waals surface area contributed by atoms with Crippen LogP contribution in [0.15, 0.2) is 11.8 Å². The first-order chi connectivity index (χ1) is 6.97. The van der Waals surface area contributed by atoms with E-state index >= 15 is 0 Å². The average molecular weight is 195 g/mol. The predicted octanol–water partition coefficient (Wildman–Crippen LogP) is 2.56.